The first-order valence-electron chi connectivity index (χ1n) is 10.1. The van der Waals surface area contributed by atoms with Crippen LogP contribution in [-0.2, 0) is 30.3 Å². The third-order valence-corrected chi connectivity index (χ3v) is 10.2. The van der Waals surface area contributed by atoms with Gasteiger partial charge in [-0.25, -0.2) is 9.10 Å². The summed E-state index contributed by atoms with van der Waals surface area (Å²) in [5, 5.41) is 0. The van der Waals surface area contributed by atoms with Gasteiger partial charge >= 0.3 is 6.09 Å². The molecule has 2 unspecified atom stereocenters. The third-order valence-electron chi connectivity index (χ3n) is 4.97. The molecule has 7 nitrogen and oxygen atoms in total. The summed E-state index contributed by atoms with van der Waals surface area (Å²) >= 11 is 6.98. The first kappa shape index (κ1) is 23.8. The fourth-order valence-corrected chi connectivity index (χ4v) is 8.71. The lowest BCUT2D eigenvalue weighted by molar-refractivity contribution is -0.00510. The topological polar surface area (TPSA) is 60.5 Å². The van der Waals surface area contributed by atoms with Crippen LogP contribution in [0, 0.1) is 5.41 Å². The van der Waals surface area contributed by atoms with Gasteiger partial charge in [-0.1, -0.05) is 26.8 Å². The predicted octanol–water partition coefficient (Wildman–Crippen LogP) is 5.88. The van der Waals surface area contributed by atoms with Crippen molar-refractivity contribution >= 4 is 36.7 Å². The number of allylic oxidation sites excluding steroid dienone is 4. The smallest absolute Gasteiger partial charge is 0.425 e. The number of rotatable bonds is 5. The normalized spacial score (nSPS) is 29.3. The molecular formula is C20H31N2O5PS2. The second-order valence-electron chi connectivity index (χ2n) is 8.91. The Balaban J connectivity index is 1.72. The van der Waals surface area contributed by atoms with Gasteiger partial charge in [-0.15, -0.1) is 0 Å². The van der Waals surface area contributed by atoms with E-state index in [2.05, 4.69) is 0 Å². The standard InChI is InChI=1S/C20H31N2O5PS2/c1-8-22(28(29)26-14(2)12-20(5,6)27-28)30-21(7)18(23)25-17-16-15(10-9-11-24-16)13-19(17,3)4/h9-11,14H,8,12-13H2,1-7H3. The van der Waals surface area contributed by atoms with Crippen molar-refractivity contribution in [3.8, 4) is 0 Å². The molecule has 1 aliphatic carbocycles. The molecule has 0 N–H and O–H groups in total. The quantitative estimate of drug-likeness (QED) is 0.362. The summed E-state index contributed by atoms with van der Waals surface area (Å²) in [5.74, 6) is 1.17. The van der Waals surface area contributed by atoms with Crippen molar-refractivity contribution in [3.63, 3.8) is 0 Å². The second kappa shape index (κ2) is 8.60. The summed E-state index contributed by atoms with van der Waals surface area (Å²) in [6.45, 7) is 9.87. The van der Waals surface area contributed by atoms with E-state index in [9.17, 15) is 4.79 Å². The molecule has 2 aliphatic heterocycles. The SMILES string of the molecule is CCN(SN(C)C(=O)OC1=C2OC=CC=C2CC1(C)C)P1(=S)OC(C)CC(C)(C)O1. The molecule has 2 heterocycles. The van der Waals surface area contributed by atoms with Crippen LogP contribution in [0.3, 0.4) is 0 Å². The number of fused-ring (bicyclic) bond motifs is 1. The van der Waals surface area contributed by atoms with E-state index in [0.29, 0.717) is 18.1 Å². The van der Waals surface area contributed by atoms with E-state index in [1.54, 1.807) is 13.3 Å². The van der Waals surface area contributed by atoms with Crippen LogP contribution >= 0.6 is 18.8 Å². The molecule has 1 fully saturated rings. The maximum Gasteiger partial charge on any atom is 0.425 e. The molecule has 0 saturated carbocycles. The maximum absolute atomic E-state index is 12.9. The first-order valence-corrected chi connectivity index (χ1v) is 13.4. The molecule has 3 aliphatic rings. The van der Waals surface area contributed by atoms with Crippen LogP contribution in [0.4, 0.5) is 4.79 Å². The van der Waals surface area contributed by atoms with Gasteiger partial charge in [-0.2, -0.15) is 4.08 Å². The molecule has 0 aromatic carbocycles. The molecular weight excluding hydrogens is 443 g/mol. The van der Waals surface area contributed by atoms with Crippen molar-refractivity contribution < 1.29 is 23.3 Å². The molecule has 1 amide bonds. The zero-order valence-electron chi connectivity index (χ0n) is 18.6. The molecule has 2 atom stereocenters. The van der Waals surface area contributed by atoms with Crippen LogP contribution in [0.1, 0.15) is 54.4 Å². The lowest BCUT2D eigenvalue weighted by Gasteiger charge is -2.44. The van der Waals surface area contributed by atoms with Crippen molar-refractivity contribution in [2.45, 2.75) is 66.1 Å². The fraction of sp³-hybridized carbons (Fsp3) is 0.650. The van der Waals surface area contributed by atoms with Gasteiger partial charge < -0.3 is 18.5 Å². The minimum atomic E-state index is -2.75. The summed E-state index contributed by atoms with van der Waals surface area (Å²) in [7, 11) is 1.65. The highest BCUT2D eigenvalue weighted by atomic mass is 32.5. The molecule has 0 bridgehead atoms. The number of amides is 1. The number of nitrogens with zero attached hydrogens (tertiary/aromatic N) is 2. The summed E-state index contributed by atoms with van der Waals surface area (Å²) in [4.78, 5) is 12.9. The van der Waals surface area contributed by atoms with E-state index < -0.39 is 12.7 Å². The average molecular weight is 475 g/mol. The molecule has 1 saturated heterocycles. The summed E-state index contributed by atoms with van der Waals surface area (Å²) in [6, 6.07) is 0. The van der Waals surface area contributed by atoms with Crippen LogP contribution in [0.5, 0.6) is 0 Å². The van der Waals surface area contributed by atoms with Gasteiger partial charge in [0.25, 0.3) is 6.64 Å². The number of hydrogen-bond acceptors (Lipinski definition) is 7. The Morgan fingerprint density at radius 1 is 1.40 bits per heavy atom. The van der Waals surface area contributed by atoms with Crippen LogP contribution < -0.4 is 0 Å². The highest BCUT2D eigenvalue weighted by Crippen LogP contribution is 2.62. The van der Waals surface area contributed by atoms with Gasteiger partial charge in [0.05, 0.1) is 30.1 Å². The largest absolute Gasteiger partial charge is 0.461 e. The third kappa shape index (κ3) is 4.97. The number of carbonyl (C=O) groups is 1. The van der Waals surface area contributed by atoms with Gasteiger partial charge in [-0.05, 0) is 50.6 Å². The maximum atomic E-state index is 12.9. The Bertz CT molecular complexity index is 852. The second-order valence-corrected chi connectivity index (χ2v) is 13.5. The van der Waals surface area contributed by atoms with Crippen molar-refractivity contribution in [1.82, 2.24) is 8.38 Å². The highest BCUT2D eigenvalue weighted by Gasteiger charge is 2.44. The zero-order chi connectivity index (χ0) is 22.3. The summed E-state index contributed by atoms with van der Waals surface area (Å²) in [6.07, 6.45) is 6.44. The van der Waals surface area contributed by atoms with Crippen LogP contribution in [-0.4, -0.2) is 39.8 Å². The van der Waals surface area contributed by atoms with E-state index in [1.807, 2.05) is 57.8 Å². The van der Waals surface area contributed by atoms with Crippen molar-refractivity contribution in [3.05, 3.63) is 35.5 Å². The van der Waals surface area contributed by atoms with Crippen LogP contribution in [0.15, 0.2) is 35.5 Å². The Kier molecular flexibility index (Phi) is 6.83. The van der Waals surface area contributed by atoms with Gasteiger partial charge in [0.2, 0.25) is 0 Å². The minimum absolute atomic E-state index is 0.0144. The number of ether oxygens (including phenoxy) is 2. The van der Waals surface area contributed by atoms with E-state index >= 15 is 0 Å². The summed E-state index contributed by atoms with van der Waals surface area (Å²) in [5.41, 5.74) is 0.321. The molecule has 168 valence electrons. The van der Waals surface area contributed by atoms with E-state index in [-0.39, 0.29) is 17.1 Å². The lowest BCUT2D eigenvalue weighted by Crippen LogP contribution is -2.38. The Morgan fingerprint density at radius 2 is 2.10 bits per heavy atom. The monoisotopic (exact) mass is 474 g/mol. The van der Waals surface area contributed by atoms with Crippen molar-refractivity contribution in [2.75, 3.05) is 13.6 Å². The van der Waals surface area contributed by atoms with Gasteiger partial charge in [0, 0.05) is 25.4 Å². The van der Waals surface area contributed by atoms with Gasteiger partial charge in [0.15, 0.2) is 11.5 Å². The Labute approximate surface area is 188 Å². The van der Waals surface area contributed by atoms with Crippen LogP contribution in [0.2, 0.25) is 0 Å². The molecule has 0 spiro atoms. The number of hydrogen-bond donors (Lipinski definition) is 0. The molecule has 0 radical (unpaired) electrons. The fourth-order valence-electron chi connectivity index (χ4n) is 3.83. The van der Waals surface area contributed by atoms with E-state index in [1.165, 1.54) is 16.4 Å². The molecule has 10 heteroatoms. The molecule has 30 heavy (non-hydrogen) atoms. The molecule has 0 aromatic heterocycles. The van der Waals surface area contributed by atoms with Crippen molar-refractivity contribution in [2.24, 2.45) is 5.41 Å². The van der Waals surface area contributed by atoms with Gasteiger partial charge in [0.1, 0.15) is 0 Å². The van der Waals surface area contributed by atoms with Crippen LogP contribution in [0.25, 0.3) is 0 Å². The molecule has 3 rings (SSSR count). The summed E-state index contributed by atoms with van der Waals surface area (Å²) < 4.78 is 27.0. The first-order chi connectivity index (χ1) is 13.9. The number of carbonyl (C=O) groups excluding carboxylic acids is 1. The molecule has 0 aromatic rings. The van der Waals surface area contributed by atoms with Crippen molar-refractivity contribution in [1.29, 1.82) is 0 Å². The Morgan fingerprint density at radius 3 is 2.73 bits per heavy atom. The average Bonchev–Trinajstić information content (AvgIpc) is 2.87. The minimum Gasteiger partial charge on any atom is -0.461 e. The zero-order valence-corrected chi connectivity index (χ0v) is 21.2. The predicted molar refractivity (Wildman–Crippen MR) is 123 cm³/mol. The van der Waals surface area contributed by atoms with E-state index in [4.69, 9.17) is 30.3 Å². The lowest BCUT2D eigenvalue weighted by atomic mass is 9.90. The highest BCUT2D eigenvalue weighted by molar-refractivity contribution is 8.15. The Hall–Kier alpha value is -0.830. The van der Waals surface area contributed by atoms with Gasteiger partial charge in [-0.3, -0.25) is 0 Å². The van der Waals surface area contributed by atoms with E-state index in [0.717, 1.165) is 18.4 Å².